The van der Waals surface area contributed by atoms with Crippen molar-refractivity contribution in [1.82, 2.24) is 15.6 Å². The van der Waals surface area contributed by atoms with Crippen LogP contribution in [0, 0.1) is 18.6 Å². The van der Waals surface area contributed by atoms with E-state index in [9.17, 15) is 4.79 Å². The van der Waals surface area contributed by atoms with Crippen molar-refractivity contribution in [3.8, 4) is 5.75 Å². The fourth-order valence-electron chi connectivity index (χ4n) is 5.11. The van der Waals surface area contributed by atoms with Crippen LogP contribution in [0.15, 0.2) is 18.2 Å². The highest BCUT2D eigenvalue weighted by Crippen LogP contribution is 2.39. The Morgan fingerprint density at radius 3 is 2.97 bits per heavy atom. The summed E-state index contributed by atoms with van der Waals surface area (Å²) < 4.78 is 35.9. The second kappa shape index (κ2) is 7.53. The lowest BCUT2D eigenvalue weighted by Crippen LogP contribution is -2.45. The molecular weight excluding hydrogens is 448 g/mol. The van der Waals surface area contributed by atoms with Crippen molar-refractivity contribution >= 4 is 38.8 Å². The molecule has 3 aliphatic rings. The van der Waals surface area contributed by atoms with Gasteiger partial charge in [0.2, 0.25) is 0 Å². The predicted molar refractivity (Wildman–Crippen MR) is 123 cm³/mol. The quantitative estimate of drug-likeness (QED) is 0.544. The monoisotopic (exact) mass is 471 g/mol. The fourth-order valence-corrected chi connectivity index (χ4v) is 6.15. The number of nitrogens with one attached hydrogen (secondary N) is 2. The number of nitrogen functional groups attached to an aromatic ring is 1. The minimum Gasteiger partial charge on any atom is -0.491 e. The van der Waals surface area contributed by atoms with Gasteiger partial charge in [0.05, 0.1) is 17.4 Å². The van der Waals surface area contributed by atoms with E-state index in [0.29, 0.717) is 33.7 Å². The number of aromatic nitrogens is 1. The number of nitrogens with zero attached hydrogens (tertiary/aromatic N) is 2. The Morgan fingerprint density at radius 1 is 1.36 bits per heavy atom. The number of amides is 1. The smallest absolute Gasteiger partial charge is 0.263 e. The number of thiophene rings is 1. The molecule has 10 heteroatoms. The summed E-state index contributed by atoms with van der Waals surface area (Å²) in [5, 5.41) is 6.95. The van der Waals surface area contributed by atoms with E-state index in [4.69, 9.17) is 10.5 Å². The zero-order chi connectivity index (χ0) is 22.9. The first kappa shape index (κ1) is 20.6. The van der Waals surface area contributed by atoms with E-state index in [1.807, 2.05) is 24.0 Å². The molecule has 3 aromatic rings. The molecule has 0 saturated carbocycles. The zero-order valence-electron chi connectivity index (χ0n) is 18.0. The molecule has 33 heavy (non-hydrogen) atoms. The third-order valence-electron chi connectivity index (χ3n) is 6.78. The van der Waals surface area contributed by atoms with Gasteiger partial charge >= 0.3 is 0 Å². The summed E-state index contributed by atoms with van der Waals surface area (Å²) in [5.41, 5.74) is 7.79. The second-order valence-electron chi connectivity index (χ2n) is 8.98. The van der Waals surface area contributed by atoms with Gasteiger partial charge in [0.25, 0.3) is 5.91 Å². The van der Waals surface area contributed by atoms with Crippen molar-refractivity contribution in [2.45, 2.75) is 37.9 Å². The van der Waals surface area contributed by atoms with Gasteiger partial charge in [0, 0.05) is 54.3 Å². The van der Waals surface area contributed by atoms with Gasteiger partial charge in [-0.2, -0.15) is 0 Å². The molecule has 172 valence electrons. The van der Waals surface area contributed by atoms with E-state index in [1.54, 1.807) is 6.07 Å². The zero-order valence-corrected chi connectivity index (χ0v) is 18.8. The largest absolute Gasteiger partial charge is 0.491 e. The number of carbonyl (C=O) groups excluding carboxylic acids is 1. The molecule has 1 amide bonds. The summed E-state index contributed by atoms with van der Waals surface area (Å²) in [7, 11) is 0. The molecule has 0 spiro atoms. The number of halogens is 2. The molecule has 2 unspecified atom stereocenters. The van der Waals surface area contributed by atoms with Crippen LogP contribution < -0.4 is 26.0 Å². The number of hydrogen-bond donors (Lipinski definition) is 3. The van der Waals surface area contributed by atoms with Crippen molar-refractivity contribution in [3.63, 3.8) is 0 Å². The van der Waals surface area contributed by atoms with Crippen LogP contribution >= 0.6 is 11.3 Å². The highest BCUT2D eigenvalue weighted by molar-refractivity contribution is 7.21. The number of anilines is 2. The number of nitrogens with two attached hydrogens (primary N) is 1. The molecule has 2 bridgehead atoms. The Hall–Kier alpha value is -2.98. The molecule has 3 aliphatic heterocycles. The van der Waals surface area contributed by atoms with Crippen LogP contribution in [0.5, 0.6) is 5.75 Å². The number of hydrogen-bond acceptors (Lipinski definition) is 7. The van der Waals surface area contributed by atoms with Gasteiger partial charge in [-0.15, -0.1) is 11.3 Å². The predicted octanol–water partition coefficient (Wildman–Crippen LogP) is 2.75. The molecule has 0 radical (unpaired) electrons. The van der Waals surface area contributed by atoms with E-state index in [-0.39, 0.29) is 36.2 Å². The maximum atomic E-state index is 15.1. The van der Waals surface area contributed by atoms with Crippen molar-refractivity contribution in [3.05, 3.63) is 46.0 Å². The number of carbonyl (C=O) groups is 1. The van der Waals surface area contributed by atoms with Crippen molar-refractivity contribution in [1.29, 1.82) is 0 Å². The fraction of sp³-hybridized carbons (Fsp3) is 0.391. The summed E-state index contributed by atoms with van der Waals surface area (Å²) in [6.07, 6.45) is 1.07. The van der Waals surface area contributed by atoms with Gasteiger partial charge in [-0.1, -0.05) is 0 Å². The van der Waals surface area contributed by atoms with Gasteiger partial charge in [0.15, 0.2) is 11.6 Å². The first-order valence-electron chi connectivity index (χ1n) is 11.0. The third-order valence-corrected chi connectivity index (χ3v) is 7.89. The highest BCUT2D eigenvalue weighted by Gasteiger charge is 2.40. The lowest BCUT2D eigenvalue weighted by Gasteiger charge is -2.32. The molecule has 0 aliphatic carbocycles. The van der Waals surface area contributed by atoms with Crippen molar-refractivity contribution in [2.75, 3.05) is 30.3 Å². The molecule has 1 aromatic carbocycles. The van der Waals surface area contributed by atoms with Crippen molar-refractivity contribution in [2.24, 2.45) is 0 Å². The van der Waals surface area contributed by atoms with E-state index >= 15 is 8.78 Å². The van der Waals surface area contributed by atoms with Crippen LogP contribution in [0.3, 0.4) is 0 Å². The highest BCUT2D eigenvalue weighted by atomic mass is 32.1. The first-order valence-corrected chi connectivity index (χ1v) is 11.8. The standard InChI is InChI=1S/C23H23F2N5O2S/c1-10-2-3-14-20(26)21(33-23(14)28-10)22(31)29-12-5-15-17(32-9-12)6-16(19(25)18(15)24)30-8-11-4-13(30)7-27-11/h2-3,6,11-13,27H,4-5,7-9,26H2,1H3,(H,29,31)/t11?,12-,13?/m1/s1. The van der Waals surface area contributed by atoms with Gasteiger partial charge in [-0.05, 0) is 25.5 Å². The normalized spacial score (nSPS) is 23.6. The summed E-state index contributed by atoms with van der Waals surface area (Å²) >= 11 is 1.21. The van der Waals surface area contributed by atoms with E-state index < -0.39 is 17.7 Å². The molecule has 2 fully saturated rings. The molecule has 5 heterocycles. The molecule has 3 atom stereocenters. The Balaban J connectivity index is 1.23. The van der Waals surface area contributed by atoms with Gasteiger partial charge in [0.1, 0.15) is 22.1 Å². The Bertz CT molecular complexity index is 1300. The maximum Gasteiger partial charge on any atom is 0.263 e. The van der Waals surface area contributed by atoms with E-state index in [1.165, 1.54) is 11.3 Å². The molecular formula is C23H23F2N5O2S. The lowest BCUT2D eigenvalue weighted by atomic mass is 10.00. The molecule has 2 aromatic heterocycles. The van der Waals surface area contributed by atoms with Gasteiger partial charge in [-0.25, -0.2) is 13.8 Å². The number of fused-ring (bicyclic) bond motifs is 4. The van der Waals surface area contributed by atoms with Crippen LogP contribution in [-0.4, -0.2) is 48.7 Å². The topological polar surface area (TPSA) is 92.5 Å². The van der Waals surface area contributed by atoms with Crippen LogP contribution in [0.4, 0.5) is 20.2 Å². The molecule has 6 rings (SSSR count). The minimum atomic E-state index is -0.904. The Kier molecular flexibility index (Phi) is 4.70. The van der Waals surface area contributed by atoms with Crippen LogP contribution in [0.1, 0.15) is 27.3 Å². The van der Waals surface area contributed by atoms with Crippen LogP contribution in [0.2, 0.25) is 0 Å². The van der Waals surface area contributed by atoms with E-state index in [2.05, 4.69) is 15.6 Å². The average molecular weight is 472 g/mol. The SMILES string of the molecule is Cc1ccc2c(N)c(C(=O)N[C@H]3COc4cc(N5CC6CC5CN6)c(F)c(F)c4C3)sc2n1. The summed E-state index contributed by atoms with van der Waals surface area (Å²) in [6.45, 7) is 3.46. The van der Waals surface area contributed by atoms with Crippen molar-refractivity contribution < 1.29 is 18.3 Å². The number of ether oxygens (including phenoxy) is 1. The minimum absolute atomic E-state index is 0.139. The average Bonchev–Trinajstić information content (AvgIpc) is 3.51. The Morgan fingerprint density at radius 2 is 2.21 bits per heavy atom. The van der Waals surface area contributed by atoms with E-state index in [0.717, 1.165) is 24.0 Å². The summed E-state index contributed by atoms with van der Waals surface area (Å²) in [5.74, 6) is -1.79. The number of piperazine rings is 1. The number of pyridine rings is 1. The molecule has 7 nitrogen and oxygen atoms in total. The van der Waals surface area contributed by atoms with Gasteiger partial charge < -0.3 is 26.0 Å². The summed E-state index contributed by atoms with van der Waals surface area (Å²) in [4.78, 5) is 20.3. The maximum absolute atomic E-state index is 15.1. The van der Waals surface area contributed by atoms with Crippen LogP contribution in [-0.2, 0) is 6.42 Å². The lowest BCUT2D eigenvalue weighted by molar-refractivity contribution is 0.0919. The first-order chi connectivity index (χ1) is 15.9. The second-order valence-corrected chi connectivity index (χ2v) is 9.98. The number of benzene rings is 1. The van der Waals surface area contributed by atoms with Gasteiger partial charge in [-0.3, -0.25) is 4.79 Å². The summed E-state index contributed by atoms with van der Waals surface area (Å²) in [6, 6.07) is 5.27. The third kappa shape index (κ3) is 3.31. The van der Waals surface area contributed by atoms with Crippen LogP contribution in [0.25, 0.3) is 10.2 Å². The Labute approximate surface area is 192 Å². The number of aryl methyl sites for hydroxylation is 1. The molecule has 2 saturated heterocycles. The number of rotatable bonds is 3. The molecule has 4 N–H and O–H groups in total.